The van der Waals surface area contributed by atoms with Crippen molar-refractivity contribution in [2.45, 2.75) is 27.7 Å². The van der Waals surface area contributed by atoms with E-state index in [0.29, 0.717) is 0 Å². The Kier molecular flexibility index (Phi) is 3.63. The first-order valence-corrected chi connectivity index (χ1v) is 5.10. The fraction of sp³-hybridized carbons (Fsp3) is 0.308. The van der Waals surface area contributed by atoms with Crippen LogP contribution in [-0.4, -0.2) is 4.98 Å². The van der Waals surface area contributed by atoms with E-state index in [1.54, 1.807) is 0 Å². The van der Waals surface area contributed by atoms with E-state index >= 15 is 0 Å². The van der Waals surface area contributed by atoms with Crippen molar-refractivity contribution < 1.29 is 0 Å². The molecule has 0 aliphatic rings. The molecule has 14 heavy (non-hydrogen) atoms. The Morgan fingerprint density at radius 2 is 1.64 bits per heavy atom. The third-order valence-corrected chi connectivity index (χ3v) is 2.09. The highest BCUT2D eigenvalue weighted by atomic mass is 14.7. The summed E-state index contributed by atoms with van der Waals surface area (Å²) in [4.78, 5) is 4.44. The number of rotatable bonds is 0. The molecule has 0 N–H and O–H groups in total. The van der Waals surface area contributed by atoms with Crippen LogP contribution < -0.4 is 0 Å². The maximum atomic E-state index is 4.44. The number of aromatic nitrogens is 1. The van der Waals surface area contributed by atoms with E-state index in [9.17, 15) is 0 Å². The largest absolute Gasteiger partial charge is 0.253 e. The summed E-state index contributed by atoms with van der Waals surface area (Å²) >= 11 is 0. The van der Waals surface area contributed by atoms with Crippen LogP contribution in [0.3, 0.4) is 0 Å². The van der Waals surface area contributed by atoms with Crippen LogP contribution in [0.5, 0.6) is 0 Å². The Morgan fingerprint density at radius 1 is 0.929 bits per heavy atom. The van der Waals surface area contributed by atoms with Gasteiger partial charge < -0.3 is 0 Å². The second-order valence-electron chi connectivity index (χ2n) is 3.09. The maximum Gasteiger partial charge on any atom is 0.0707 e. The maximum absolute atomic E-state index is 4.44. The average molecular weight is 187 g/mol. The Balaban J connectivity index is 0.000000461. The first kappa shape index (κ1) is 10.7. The van der Waals surface area contributed by atoms with Crippen LogP contribution in [-0.2, 0) is 0 Å². The minimum Gasteiger partial charge on any atom is -0.253 e. The molecule has 0 atom stereocenters. The quantitative estimate of drug-likeness (QED) is 0.610. The van der Waals surface area contributed by atoms with Gasteiger partial charge in [0.05, 0.1) is 5.52 Å². The van der Waals surface area contributed by atoms with Crippen LogP contribution in [0.1, 0.15) is 25.1 Å². The SMILES string of the molecule is CC.Cc1ccc2c(C)cccc2n1. The zero-order valence-electron chi connectivity index (χ0n) is 9.33. The monoisotopic (exact) mass is 187 g/mol. The second-order valence-corrected chi connectivity index (χ2v) is 3.09. The Bertz CT molecular complexity index is 419. The number of benzene rings is 1. The number of fused-ring (bicyclic) bond motifs is 1. The molecule has 0 spiro atoms. The molecule has 0 radical (unpaired) electrons. The number of aryl methyl sites for hydroxylation is 2. The summed E-state index contributed by atoms with van der Waals surface area (Å²) in [5, 5.41) is 1.25. The van der Waals surface area contributed by atoms with Gasteiger partial charge in [-0.25, -0.2) is 0 Å². The summed E-state index contributed by atoms with van der Waals surface area (Å²) in [6.45, 7) is 8.13. The van der Waals surface area contributed by atoms with Crippen molar-refractivity contribution in [2.75, 3.05) is 0 Å². The molecule has 0 unspecified atom stereocenters. The average Bonchev–Trinajstić information content (AvgIpc) is 2.21. The molecule has 1 heteroatoms. The lowest BCUT2D eigenvalue weighted by atomic mass is 10.1. The normalized spacial score (nSPS) is 9.43. The molecule has 2 rings (SSSR count). The molecule has 1 aromatic heterocycles. The van der Waals surface area contributed by atoms with Crippen molar-refractivity contribution in [1.82, 2.24) is 4.98 Å². The van der Waals surface area contributed by atoms with Gasteiger partial charge in [0.1, 0.15) is 0 Å². The van der Waals surface area contributed by atoms with Gasteiger partial charge in [0.2, 0.25) is 0 Å². The van der Waals surface area contributed by atoms with Crippen molar-refractivity contribution in [3.8, 4) is 0 Å². The van der Waals surface area contributed by atoms with Crippen molar-refractivity contribution in [2.24, 2.45) is 0 Å². The van der Waals surface area contributed by atoms with Gasteiger partial charge in [-0.15, -0.1) is 0 Å². The van der Waals surface area contributed by atoms with Gasteiger partial charge in [0, 0.05) is 11.1 Å². The molecule has 74 valence electrons. The Morgan fingerprint density at radius 3 is 2.36 bits per heavy atom. The molecule has 0 aliphatic carbocycles. The third-order valence-electron chi connectivity index (χ3n) is 2.09. The second kappa shape index (κ2) is 4.75. The van der Waals surface area contributed by atoms with E-state index in [0.717, 1.165) is 11.2 Å². The molecular formula is C13H17N. The smallest absolute Gasteiger partial charge is 0.0707 e. The van der Waals surface area contributed by atoms with Crippen LogP contribution >= 0.6 is 0 Å². The van der Waals surface area contributed by atoms with E-state index < -0.39 is 0 Å². The molecule has 0 saturated carbocycles. The third kappa shape index (κ3) is 2.11. The number of hydrogen-bond acceptors (Lipinski definition) is 1. The molecule has 2 aromatic rings. The molecule has 0 saturated heterocycles. The highest BCUT2D eigenvalue weighted by Crippen LogP contribution is 2.15. The van der Waals surface area contributed by atoms with Crippen molar-refractivity contribution in [3.63, 3.8) is 0 Å². The van der Waals surface area contributed by atoms with Crippen LogP contribution in [0.2, 0.25) is 0 Å². The summed E-state index contributed by atoms with van der Waals surface area (Å²) in [5.74, 6) is 0. The van der Waals surface area contributed by atoms with E-state index in [2.05, 4.69) is 36.2 Å². The van der Waals surface area contributed by atoms with E-state index in [1.807, 2.05) is 26.8 Å². The molecule has 0 bridgehead atoms. The van der Waals surface area contributed by atoms with E-state index in [4.69, 9.17) is 0 Å². The predicted octanol–water partition coefficient (Wildman–Crippen LogP) is 3.88. The van der Waals surface area contributed by atoms with Crippen LogP contribution in [0.15, 0.2) is 30.3 Å². The summed E-state index contributed by atoms with van der Waals surface area (Å²) in [6.07, 6.45) is 0. The van der Waals surface area contributed by atoms with Gasteiger partial charge >= 0.3 is 0 Å². The topological polar surface area (TPSA) is 12.9 Å². The summed E-state index contributed by atoms with van der Waals surface area (Å²) < 4.78 is 0. The van der Waals surface area contributed by atoms with Crippen LogP contribution in [0.25, 0.3) is 10.9 Å². The fourth-order valence-electron chi connectivity index (χ4n) is 1.41. The zero-order chi connectivity index (χ0) is 10.6. The summed E-state index contributed by atoms with van der Waals surface area (Å²) in [5.41, 5.74) is 3.46. The fourth-order valence-corrected chi connectivity index (χ4v) is 1.41. The molecule has 1 nitrogen and oxygen atoms in total. The lowest BCUT2D eigenvalue weighted by Crippen LogP contribution is -1.84. The van der Waals surface area contributed by atoms with E-state index in [1.165, 1.54) is 10.9 Å². The van der Waals surface area contributed by atoms with Crippen molar-refractivity contribution >= 4 is 10.9 Å². The first-order chi connectivity index (χ1) is 6.77. The zero-order valence-corrected chi connectivity index (χ0v) is 9.33. The van der Waals surface area contributed by atoms with Gasteiger partial charge in [-0.1, -0.05) is 32.0 Å². The predicted molar refractivity (Wildman–Crippen MR) is 62.6 cm³/mol. The lowest BCUT2D eigenvalue weighted by Gasteiger charge is -2.00. The summed E-state index contributed by atoms with van der Waals surface area (Å²) in [7, 11) is 0. The number of hydrogen-bond donors (Lipinski definition) is 0. The van der Waals surface area contributed by atoms with Gasteiger partial charge in [-0.05, 0) is 31.5 Å². The highest BCUT2D eigenvalue weighted by molar-refractivity contribution is 5.81. The van der Waals surface area contributed by atoms with Gasteiger partial charge in [-0.2, -0.15) is 0 Å². The van der Waals surface area contributed by atoms with Gasteiger partial charge in [0.25, 0.3) is 0 Å². The van der Waals surface area contributed by atoms with E-state index in [-0.39, 0.29) is 0 Å². The van der Waals surface area contributed by atoms with Gasteiger partial charge in [0.15, 0.2) is 0 Å². The molecule has 0 aliphatic heterocycles. The molecule has 0 amide bonds. The molecule has 0 fully saturated rings. The lowest BCUT2D eigenvalue weighted by molar-refractivity contribution is 1.25. The van der Waals surface area contributed by atoms with Crippen molar-refractivity contribution in [3.05, 3.63) is 41.6 Å². The van der Waals surface area contributed by atoms with Crippen LogP contribution in [0, 0.1) is 13.8 Å². The van der Waals surface area contributed by atoms with Crippen molar-refractivity contribution in [1.29, 1.82) is 0 Å². The highest BCUT2D eigenvalue weighted by Gasteiger charge is 1.96. The molecule has 1 aromatic carbocycles. The minimum atomic E-state index is 1.08. The minimum absolute atomic E-state index is 1.08. The molecule has 1 heterocycles. The standard InChI is InChI=1S/C11H11N.C2H6/c1-8-4-3-5-11-10(8)7-6-9(2)12-11;1-2/h3-7H,1-2H3;1-2H3. The summed E-state index contributed by atoms with van der Waals surface area (Å²) in [6, 6.07) is 10.4. The number of nitrogens with zero attached hydrogens (tertiary/aromatic N) is 1. The Labute approximate surface area is 85.8 Å². The number of pyridine rings is 1. The van der Waals surface area contributed by atoms with Crippen LogP contribution in [0.4, 0.5) is 0 Å². The molecular weight excluding hydrogens is 170 g/mol. The Hall–Kier alpha value is -1.37. The first-order valence-electron chi connectivity index (χ1n) is 5.10. The van der Waals surface area contributed by atoms with Gasteiger partial charge in [-0.3, -0.25) is 4.98 Å².